The molecule has 4 heteroatoms. The predicted octanol–water partition coefficient (Wildman–Crippen LogP) is 1.05. The third-order valence-electron chi connectivity index (χ3n) is 1.68. The first-order valence-corrected chi connectivity index (χ1v) is 4.42. The van der Waals surface area contributed by atoms with Gasteiger partial charge in [0, 0.05) is 13.5 Å². The van der Waals surface area contributed by atoms with E-state index in [4.69, 9.17) is 13.9 Å². The quantitative estimate of drug-likeness (QED) is 0.614. The lowest BCUT2D eigenvalue weighted by Crippen LogP contribution is -2.13. The Kier molecular flexibility index (Phi) is 4.96. The number of Topliss-reactive ketones (excluding diaryl/α,β-unsaturated/α-hetero) is 1. The summed E-state index contributed by atoms with van der Waals surface area (Å²) in [6.07, 6.45) is 3.48. The Morgan fingerprint density at radius 2 is 2.36 bits per heavy atom. The molecule has 0 aliphatic carbocycles. The predicted molar refractivity (Wildman–Crippen MR) is 50.1 cm³/mol. The van der Waals surface area contributed by atoms with Gasteiger partial charge in [-0.3, -0.25) is 4.79 Å². The van der Waals surface area contributed by atoms with Crippen molar-refractivity contribution >= 4 is 5.78 Å². The van der Waals surface area contributed by atoms with Crippen LogP contribution in [-0.4, -0.2) is 32.7 Å². The van der Waals surface area contributed by atoms with Gasteiger partial charge in [0.15, 0.2) is 5.78 Å². The summed E-state index contributed by atoms with van der Waals surface area (Å²) in [4.78, 5) is 11.3. The van der Waals surface area contributed by atoms with Gasteiger partial charge in [-0.25, -0.2) is 0 Å². The minimum atomic E-state index is 0.0440. The second kappa shape index (κ2) is 6.34. The molecule has 0 saturated carbocycles. The van der Waals surface area contributed by atoms with Crippen molar-refractivity contribution in [3.8, 4) is 0 Å². The number of furan rings is 1. The summed E-state index contributed by atoms with van der Waals surface area (Å²) >= 11 is 0. The van der Waals surface area contributed by atoms with E-state index in [1.54, 1.807) is 25.7 Å². The highest BCUT2D eigenvalue weighted by atomic mass is 16.5. The Hall–Kier alpha value is -1.13. The molecule has 0 bridgehead atoms. The lowest BCUT2D eigenvalue weighted by atomic mass is 10.2. The summed E-state index contributed by atoms with van der Waals surface area (Å²) in [5, 5.41) is 0. The molecule has 1 heterocycles. The van der Waals surface area contributed by atoms with Crippen molar-refractivity contribution in [2.75, 3.05) is 26.9 Å². The first-order valence-electron chi connectivity index (χ1n) is 4.42. The standard InChI is InChI=1S/C10H14O4/c1-12-4-5-14-8-10(11)6-9-2-3-13-7-9/h2-3,7H,4-6,8H2,1H3. The number of methoxy groups -OCH3 is 1. The fourth-order valence-corrected chi connectivity index (χ4v) is 1.00. The maximum absolute atomic E-state index is 11.3. The Morgan fingerprint density at radius 1 is 1.50 bits per heavy atom. The first-order chi connectivity index (χ1) is 6.83. The van der Waals surface area contributed by atoms with E-state index in [0.717, 1.165) is 5.56 Å². The molecule has 0 aliphatic rings. The smallest absolute Gasteiger partial charge is 0.162 e. The van der Waals surface area contributed by atoms with Crippen LogP contribution in [0.3, 0.4) is 0 Å². The Bertz CT molecular complexity index is 253. The van der Waals surface area contributed by atoms with Gasteiger partial charge in [0.2, 0.25) is 0 Å². The lowest BCUT2D eigenvalue weighted by Gasteiger charge is -2.01. The molecule has 0 unspecified atom stereocenters. The largest absolute Gasteiger partial charge is 0.472 e. The molecule has 14 heavy (non-hydrogen) atoms. The normalized spacial score (nSPS) is 10.4. The minimum Gasteiger partial charge on any atom is -0.472 e. The average Bonchev–Trinajstić information content (AvgIpc) is 2.65. The van der Waals surface area contributed by atoms with Crippen molar-refractivity contribution in [3.05, 3.63) is 24.2 Å². The zero-order valence-electron chi connectivity index (χ0n) is 8.19. The van der Waals surface area contributed by atoms with Crippen LogP contribution >= 0.6 is 0 Å². The molecule has 1 aromatic rings. The van der Waals surface area contributed by atoms with E-state index in [-0.39, 0.29) is 12.4 Å². The molecule has 0 aliphatic heterocycles. The molecular weight excluding hydrogens is 184 g/mol. The van der Waals surface area contributed by atoms with Crippen LogP contribution in [0.4, 0.5) is 0 Å². The molecule has 4 nitrogen and oxygen atoms in total. The molecule has 0 fully saturated rings. The molecule has 0 radical (unpaired) electrons. The maximum atomic E-state index is 11.3. The van der Waals surface area contributed by atoms with Crippen molar-refractivity contribution in [2.24, 2.45) is 0 Å². The van der Waals surface area contributed by atoms with E-state index in [1.165, 1.54) is 0 Å². The zero-order chi connectivity index (χ0) is 10.2. The molecule has 0 amide bonds. The van der Waals surface area contributed by atoms with Crippen LogP contribution in [0.15, 0.2) is 23.0 Å². The van der Waals surface area contributed by atoms with E-state index in [9.17, 15) is 4.79 Å². The number of rotatable bonds is 7. The van der Waals surface area contributed by atoms with Crippen LogP contribution in [0, 0.1) is 0 Å². The third kappa shape index (κ3) is 4.20. The van der Waals surface area contributed by atoms with Crippen molar-refractivity contribution in [3.63, 3.8) is 0 Å². The molecule has 0 aromatic carbocycles. The Balaban J connectivity index is 2.11. The summed E-state index contributed by atoms with van der Waals surface area (Å²) in [6.45, 7) is 1.10. The summed E-state index contributed by atoms with van der Waals surface area (Å²) in [5.41, 5.74) is 0.880. The second-order valence-electron chi connectivity index (χ2n) is 2.89. The maximum Gasteiger partial charge on any atom is 0.162 e. The van der Waals surface area contributed by atoms with Gasteiger partial charge in [-0.2, -0.15) is 0 Å². The summed E-state index contributed by atoms with van der Waals surface area (Å²) < 4.78 is 14.7. The van der Waals surface area contributed by atoms with Crippen LogP contribution < -0.4 is 0 Å². The second-order valence-corrected chi connectivity index (χ2v) is 2.89. The topological polar surface area (TPSA) is 48.7 Å². The van der Waals surface area contributed by atoms with Crippen molar-refractivity contribution in [1.29, 1.82) is 0 Å². The summed E-state index contributed by atoms with van der Waals surface area (Å²) in [5.74, 6) is 0.0440. The number of carbonyl (C=O) groups is 1. The van der Waals surface area contributed by atoms with E-state index in [1.807, 2.05) is 0 Å². The molecule has 0 N–H and O–H groups in total. The van der Waals surface area contributed by atoms with Crippen molar-refractivity contribution < 1.29 is 18.7 Å². The van der Waals surface area contributed by atoms with E-state index >= 15 is 0 Å². The highest BCUT2D eigenvalue weighted by Gasteiger charge is 2.04. The number of ketones is 1. The fourth-order valence-electron chi connectivity index (χ4n) is 1.00. The highest BCUT2D eigenvalue weighted by molar-refractivity contribution is 5.81. The minimum absolute atomic E-state index is 0.0440. The fraction of sp³-hybridized carbons (Fsp3) is 0.500. The lowest BCUT2D eigenvalue weighted by molar-refractivity contribution is -0.123. The third-order valence-corrected chi connectivity index (χ3v) is 1.68. The molecule has 1 rings (SSSR count). The van der Waals surface area contributed by atoms with Crippen LogP contribution in [0.1, 0.15) is 5.56 Å². The van der Waals surface area contributed by atoms with Crippen LogP contribution in [0.25, 0.3) is 0 Å². The molecular formula is C10H14O4. The van der Waals surface area contributed by atoms with Crippen molar-refractivity contribution in [2.45, 2.75) is 6.42 Å². The molecule has 1 aromatic heterocycles. The molecule has 0 spiro atoms. The summed E-state index contributed by atoms with van der Waals surface area (Å²) in [7, 11) is 1.59. The zero-order valence-corrected chi connectivity index (χ0v) is 8.19. The number of hydrogen-bond donors (Lipinski definition) is 0. The van der Waals surface area contributed by atoms with E-state index in [0.29, 0.717) is 19.6 Å². The van der Waals surface area contributed by atoms with Gasteiger partial charge in [0.1, 0.15) is 6.61 Å². The Labute approximate surface area is 82.8 Å². The van der Waals surface area contributed by atoms with Gasteiger partial charge < -0.3 is 13.9 Å². The molecule has 0 saturated heterocycles. The number of ether oxygens (including phenoxy) is 2. The SMILES string of the molecule is COCCOCC(=O)Cc1ccoc1. The molecule has 0 atom stereocenters. The van der Waals surface area contributed by atoms with Gasteiger partial charge >= 0.3 is 0 Å². The van der Waals surface area contributed by atoms with Crippen molar-refractivity contribution in [1.82, 2.24) is 0 Å². The number of hydrogen-bond acceptors (Lipinski definition) is 4. The monoisotopic (exact) mass is 198 g/mol. The summed E-state index contributed by atoms with van der Waals surface area (Å²) in [6, 6.07) is 1.77. The van der Waals surface area contributed by atoms with Crippen LogP contribution in [-0.2, 0) is 20.7 Å². The van der Waals surface area contributed by atoms with E-state index < -0.39 is 0 Å². The number of carbonyl (C=O) groups excluding carboxylic acids is 1. The van der Waals surface area contributed by atoms with Gasteiger partial charge in [0.25, 0.3) is 0 Å². The van der Waals surface area contributed by atoms with Gasteiger partial charge in [-0.1, -0.05) is 0 Å². The van der Waals surface area contributed by atoms with Crippen LogP contribution in [0.5, 0.6) is 0 Å². The first kappa shape index (κ1) is 10.9. The van der Waals surface area contributed by atoms with Gasteiger partial charge in [-0.15, -0.1) is 0 Å². The average molecular weight is 198 g/mol. The van der Waals surface area contributed by atoms with Crippen LogP contribution in [0.2, 0.25) is 0 Å². The molecule has 78 valence electrons. The van der Waals surface area contributed by atoms with Gasteiger partial charge in [-0.05, 0) is 11.6 Å². The van der Waals surface area contributed by atoms with E-state index in [2.05, 4.69) is 0 Å². The Morgan fingerprint density at radius 3 is 3.00 bits per heavy atom. The van der Waals surface area contributed by atoms with Gasteiger partial charge in [0.05, 0.1) is 25.7 Å². The highest BCUT2D eigenvalue weighted by Crippen LogP contribution is 2.01.